The highest BCUT2D eigenvalue weighted by Gasteiger charge is 2.28. The molecule has 2 unspecified atom stereocenters. The number of anilines is 4. The molecule has 1 aromatic heterocycles. The number of aliphatic imine (C=N–C) groups is 1. The zero-order valence-corrected chi connectivity index (χ0v) is 21.1. The van der Waals surface area contributed by atoms with Crippen LogP contribution in [0.1, 0.15) is 36.3 Å². The minimum Gasteiger partial charge on any atom is -0.339 e. The maximum Gasteiger partial charge on any atom is 0.321 e. The van der Waals surface area contributed by atoms with Gasteiger partial charge in [0.2, 0.25) is 5.95 Å². The number of carbonyl (C=O) groups is 1. The molecule has 4 heterocycles. The van der Waals surface area contributed by atoms with Crippen LogP contribution < -0.4 is 16.0 Å². The lowest BCUT2D eigenvalue weighted by molar-refractivity contribution is 0.222. The molecule has 6 bridgehead atoms. The van der Waals surface area contributed by atoms with Crippen LogP contribution in [0.3, 0.4) is 0 Å². The molecule has 1 fully saturated rings. The zero-order valence-electron chi connectivity index (χ0n) is 20.3. The van der Waals surface area contributed by atoms with E-state index in [0.29, 0.717) is 22.7 Å². The Kier molecular flexibility index (Phi) is 6.49. The molecule has 1 saturated heterocycles. The number of aryl methyl sites for hydroxylation is 1. The van der Waals surface area contributed by atoms with Gasteiger partial charge in [-0.1, -0.05) is 41.9 Å². The number of hydrogen-bond donors (Lipinski definition) is 3. The standard InChI is InChI=1S/C28H28ClN7O/c29-24-16-31-27-33-23-12-18(14-30-15-23)6-7-20-13-22(32-26(24)35-27)8-9-25(20)34-28(37)36-11-10-21(17-36)19-4-2-1-3-5-19/h1-5,8-9,13-16,18,21H,6-7,10-12,17H2,(H,34,37)(H2,31,32,33,35). The third kappa shape index (κ3) is 5.29. The maximum atomic E-state index is 13.2. The van der Waals surface area contributed by atoms with Gasteiger partial charge in [0, 0.05) is 54.4 Å². The molecule has 2 atom stereocenters. The smallest absolute Gasteiger partial charge is 0.321 e. The minimum atomic E-state index is -0.0598. The molecule has 3 aromatic rings. The van der Waals surface area contributed by atoms with Crippen molar-refractivity contribution in [2.24, 2.45) is 10.9 Å². The van der Waals surface area contributed by atoms with Crippen LogP contribution in [0.2, 0.25) is 5.02 Å². The summed E-state index contributed by atoms with van der Waals surface area (Å²) in [6.45, 7) is 1.47. The zero-order chi connectivity index (χ0) is 25.2. The molecular weight excluding hydrogens is 486 g/mol. The second kappa shape index (κ2) is 10.2. The molecule has 0 saturated carbocycles. The molecule has 3 aliphatic heterocycles. The normalized spacial score (nSPS) is 20.5. The van der Waals surface area contributed by atoms with Crippen molar-refractivity contribution in [3.63, 3.8) is 0 Å². The van der Waals surface area contributed by atoms with Gasteiger partial charge in [0.15, 0.2) is 5.82 Å². The number of amides is 2. The number of hydrogen-bond acceptors (Lipinski definition) is 6. The molecule has 8 nitrogen and oxygen atoms in total. The van der Waals surface area contributed by atoms with Crippen LogP contribution in [0.4, 0.5) is 27.9 Å². The van der Waals surface area contributed by atoms with Gasteiger partial charge < -0.3 is 20.9 Å². The summed E-state index contributed by atoms with van der Waals surface area (Å²) in [5.41, 5.74) is 4.97. The number of aromatic nitrogens is 2. The molecule has 0 radical (unpaired) electrons. The van der Waals surface area contributed by atoms with Gasteiger partial charge in [-0.2, -0.15) is 4.98 Å². The molecule has 0 aliphatic carbocycles. The highest BCUT2D eigenvalue weighted by molar-refractivity contribution is 6.32. The van der Waals surface area contributed by atoms with Crippen molar-refractivity contribution < 1.29 is 4.79 Å². The van der Waals surface area contributed by atoms with Gasteiger partial charge in [-0.25, -0.2) is 9.78 Å². The largest absolute Gasteiger partial charge is 0.339 e. The second-order valence-electron chi connectivity index (χ2n) is 9.74. The van der Waals surface area contributed by atoms with Crippen LogP contribution in [-0.4, -0.2) is 40.2 Å². The lowest BCUT2D eigenvalue weighted by Crippen LogP contribution is -2.33. The third-order valence-electron chi connectivity index (χ3n) is 7.17. The lowest BCUT2D eigenvalue weighted by atomic mass is 9.94. The number of urea groups is 1. The van der Waals surface area contributed by atoms with E-state index in [1.165, 1.54) is 5.56 Å². The van der Waals surface area contributed by atoms with E-state index in [-0.39, 0.29) is 11.9 Å². The van der Waals surface area contributed by atoms with Crippen LogP contribution >= 0.6 is 11.6 Å². The fraction of sp³-hybridized carbons (Fsp3) is 0.286. The number of carbonyl (C=O) groups excluding carboxylic acids is 1. The molecule has 188 valence electrons. The van der Waals surface area contributed by atoms with Gasteiger partial charge in [0.1, 0.15) is 5.02 Å². The molecule has 2 aromatic carbocycles. The molecular formula is C28H28ClN7O. The monoisotopic (exact) mass is 513 g/mol. The lowest BCUT2D eigenvalue weighted by Gasteiger charge is -2.21. The van der Waals surface area contributed by atoms with Crippen LogP contribution in [0.25, 0.3) is 0 Å². The molecule has 3 N–H and O–H groups in total. The number of halogens is 1. The number of rotatable bonds is 2. The first-order valence-electron chi connectivity index (χ1n) is 12.6. The van der Waals surface area contributed by atoms with Gasteiger partial charge in [-0.15, -0.1) is 0 Å². The second-order valence-corrected chi connectivity index (χ2v) is 10.1. The van der Waals surface area contributed by atoms with Crippen LogP contribution in [0.5, 0.6) is 0 Å². The Balaban J connectivity index is 1.24. The Morgan fingerprint density at radius 3 is 2.89 bits per heavy atom. The van der Waals surface area contributed by atoms with Gasteiger partial charge in [0.05, 0.1) is 6.20 Å². The SMILES string of the molecule is O=C(Nc1ccc2cc1CCC1C=NC=C(C1)Nc1ncc(Cl)c(n1)N2)N1CCC(c2ccccc2)C1. The Morgan fingerprint density at radius 1 is 1.11 bits per heavy atom. The number of likely N-dealkylation sites (tertiary alicyclic amines) is 1. The highest BCUT2D eigenvalue weighted by atomic mass is 35.5. The molecule has 0 spiro atoms. The first kappa shape index (κ1) is 23.5. The van der Waals surface area contributed by atoms with E-state index in [0.717, 1.165) is 61.4 Å². The Hall–Kier alpha value is -3.91. The number of nitrogens with zero attached hydrogens (tertiary/aromatic N) is 4. The van der Waals surface area contributed by atoms with E-state index in [2.05, 4.69) is 61.2 Å². The van der Waals surface area contributed by atoms with Crippen molar-refractivity contribution >= 4 is 47.0 Å². The summed E-state index contributed by atoms with van der Waals surface area (Å²) in [4.78, 5) is 28.5. The van der Waals surface area contributed by atoms with E-state index < -0.39 is 0 Å². The molecule has 9 heteroatoms. The predicted octanol–water partition coefficient (Wildman–Crippen LogP) is 6.19. The topological polar surface area (TPSA) is 94.5 Å². The average molecular weight is 514 g/mol. The summed E-state index contributed by atoms with van der Waals surface area (Å²) in [6, 6.07) is 16.3. The van der Waals surface area contributed by atoms with Gasteiger partial charge in [-0.3, -0.25) is 4.99 Å². The quantitative estimate of drug-likeness (QED) is 0.380. The van der Waals surface area contributed by atoms with E-state index in [1.54, 1.807) is 6.20 Å². The number of nitrogens with one attached hydrogen (secondary N) is 3. The highest BCUT2D eigenvalue weighted by Crippen LogP contribution is 2.32. The van der Waals surface area contributed by atoms with Crippen molar-refractivity contribution in [2.45, 2.75) is 31.6 Å². The van der Waals surface area contributed by atoms with Crippen LogP contribution in [-0.2, 0) is 6.42 Å². The summed E-state index contributed by atoms with van der Waals surface area (Å²) in [5.74, 6) is 1.63. The summed E-state index contributed by atoms with van der Waals surface area (Å²) in [7, 11) is 0. The summed E-state index contributed by atoms with van der Waals surface area (Å²) < 4.78 is 0. The van der Waals surface area contributed by atoms with Gasteiger partial charge in [0.25, 0.3) is 0 Å². The number of fused-ring (bicyclic) bond motifs is 6. The fourth-order valence-electron chi connectivity index (χ4n) is 5.18. The van der Waals surface area contributed by atoms with E-state index in [4.69, 9.17) is 11.6 Å². The predicted molar refractivity (Wildman–Crippen MR) is 148 cm³/mol. The summed E-state index contributed by atoms with van der Waals surface area (Å²) in [5, 5.41) is 10.2. The van der Waals surface area contributed by atoms with E-state index >= 15 is 0 Å². The maximum absolute atomic E-state index is 13.2. The first-order chi connectivity index (χ1) is 18.1. The van der Waals surface area contributed by atoms with Crippen molar-refractivity contribution in [1.29, 1.82) is 0 Å². The van der Waals surface area contributed by atoms with Crippen LogP contribution in [0.15, 0.2) is 71.6 Å². The minimum absolute atomic E-state index is 0.0598. The van der Waals surface area contributed by atoms with E-state index in [9.17, 15) is 4.79 Å². The van der Waals surface area contributed by atoms with Crippen LogP contribution in [0, 0.1) is 5.92 Å². The molecule has 2 amide bonds. The molecule has 6 rings (SSSR count). The first-order valence-corrected chi connectivity index (χ1v) is 13.0. The summed E-state index contributed by atoms with van der Waals surface area (Å²) in [6.07, 6.45) is 8.86. The molecule has 3 aliphatic rings. The van der Waals surface area contributed by atoms with Gasteiger partial charge >= 0.3 is 6.03 Å². The van der Waals surface area contributed by atoms with Crippen molar-refractivity contribution in [1.82, 2.24) is 14.9 Å². The van der Waals surface area contributed by atoms with Crippen molar-refractivity contribution in [2.75, 3.05) is 29.0 Å². The van der Waals surface area contributed by atoms with Gasteiger partial charge in [-0.05, 0) is 55.0 Å². The fourth-order valence-corrected chi connectivity index (χ4v) is 5.31. The third-order valence-corrected chi connectivity index (χ3v) is 7.44. The number of benzene rings is 2. The Bertz CT molecular complexity index is 1370. The Morgan fingerprint density at radius 2 is 2.00 bits per heavy atom. The molecule has 37 heavy (non-hydrogen) atoms. The Labute approximate surface area is 220 Å². The van der Waals surface area contributed by atoms with Crippen molar-refractivity contribution in [3.05, 3.63) is 82.8 Å². The number of allylic oxidation sites excluding steroid dienone is 1. The average Bonchev–Trinajstić information content (AvgIpc) is 3.42. The summed E-state index contributed by atoms with van der Waals surface area (Å²) >= 11 is 6.38. The van der Waals surface area contributed by atoms with Crippen molar-refractivity contribution in [3.8, 4) is 0 Å². The van der Waals surface area contributed by atoms with E-state index in [1.807, 2.05) is 35.5 Å².